The molecule has 1 rings (SSSR count). The van der Waals surface area contributed by atoms with Gasteiger partial charge in [0.2, 0.25) is 0 Å². The highest BCUT2D eigenvalue weighted by Gasteiger charge is 1.75. The summed E-state index contributed by atoms with van der Waals surface area (Å²) in [7, 11) is 0. The van der Waals surface area contributed by atoms with Crippen LogP contribution in [0.1, 0.15) is 6.42 Å². The first kappa shape index (κ1) is 5.26. The average molecular weight is 80.1 g/mol. The van der Waals surface area contributed by atoms with Gasteiger partial charge in [-0.05, 0) is 6.42 Å². The fourth-order valence-electron chi connectivity index (χ4n) is 0. The molecule has 0 aromatic heterocycles. The van der Waals surface area contributed by atoms with E-state index in [0.29, 0.717) is 0 Å². The molecule has 1 aliphatic rings. The normalized spacial score (nSPS) is 10.7. The van der Waals surface area contributed by atoms with Crippen molar-refractivity contribution in [3.63, 3.8) is 0 Å². The van der Waals surface area contributed by atoms with Crippen molar-refractivity contribution >= 4 is 0 Å². The van der Waals surface area contributed by atoms with Gasteiger partial charge in [0, 0.05) is 0 Å². The molecule has 0 aromatic carbocycles. The molecule has 0 aliphatic heterocycles. The van der Waals surface area contributed by atoms with Gasteiger partial charge in [-0.2, -0.15) is 0 Å². The number of hydrogen-bond acceptors (Lipinski definition) is 0. The summed E-state index contributed by atoms with van der Waals surface area (Å²) in [6, 6.07) is 0. The summed E-state index contributed by atoms with van der Waals surface area (Å²) in [5.74, 6) is 0. The van der Waals surface area contributed by atoms with E-state index in [1.807, 2.05) is 0 Å². The van der Waals surface area contributed by atoms with Crippen molar-refractivity contribution in [1.29, 1.82) is 0 Å². The van der Waals surface area contributed by atoms with Gasteiger partial charge in [0.05, 0.1) is 0 Å². The third-order valence-electron chi connectivity index (χ3n) is 0.236. The van der Waals surface area contributed by atoms with Crippen molar-refractivity contribution in [2.45, 2.75) is 6.42 Å². The van der Waals surface area contributed by atoms with E-state index < -0.39 is 0 Å². The highest BCUT2D eigenvalue weighted by molar-refractivity contribution is 5.02. The summed E-state index contributed by atoms with van der Waals surface area (Å²) in [6.45, 7) is 6.25. The molecule has 0 amide bonds. The molecule has 0 saturated heterocycles. The standard InChI is InChI=1S/2C3H4/c1-2-3-1;1-3-2/h1-2H,3H2;1-2H2. The molecule has 0 heterocycles. The van der Waals surface area contributed by atoms with Crippen LogP contribution in [0.15, 0.2) is 31.0 Å². The Bertz CT molecular complexity index is 68.0. The van der Waals surface area contributed by atoms with Gasteiger partial charge in [-0.25, -0.2) is 0 Å². The van der Waals surface area contributed by atoms with Gasteiger partial charge in [0.1, 0.15) is 0 Å². The summed E-state index contributed by atoms with van der Waals surface area (Å²) >= 11 is 0. The second-order valence-electron chi connectivity index (χ2n) is 0.957. The zero-order chi connectivity index (χ0) is 4.83. The van der Waals surface area contributed by atoms with Crippen LogP contribution in [-0.4, -0.2) is 0 Å². The van der Waals surface area contributed by atoms with Crippen LogP contribution < -0.4 is 0 Å². The molecule has 0 atom stereocenters. The van der Waals surface area contributed by atoms with Crippen LogP contribution in [0, 0.1) is 0 Å². The zero-order valence-corrected chi connectivity index (χ0v) is 3.78. The van der Waals surface area contributed by atoms with E-state index in [1.165, 1.54) is 6.42 Å². The minimum Gasteiger partial charge on any atom is -0.137 e. The van der Waals surface area contributed by atoms with Gasteiger partial charge in [-0.15, -0.1) is 5.73 Å². The van der Waals surface area contributed by atoms with Crippen molar-refractivity contribution in [1.82, 2.24) is 0 Å². The van der Waals surface area contributed by atoms with E-state index in [0.717, 1.165) is 0 Å². The van der Waals surface area contributed by atoms with Crippen molar-refractivity contribution in [3.8, 4) is 0 Å². The van der Waals surface area contributed by atoms with Gasteiger partial charge in [0.15, 0.2) is 0 Å². The molecule has 0 fully saturated rings. The van der Waals surface area contributed by atoms with Crippen molar-refractivity contribution in [2.75, 3.05) is 0 Å². The van der Waals surface area contributed by atoms with Gasteiger partial charge < -0.3 is 0 Å². The number of allylic oxidation sites excluding steroid dienone is 2. The van der Waals surface area contributed by atoms with Gasteiger partial charge in [-0.3, -0.25) is 0 Å². The fraction of sp³-hybridized carbons (Fsp3) is 0.167. The molecular weight excluding hydrogens is 72.1 g/mol. The third-order valence-corrected chi connectivity index (χ3v) is 0.236. The van der Waals surface area contributed by atoms with E-state index in [-0.39, 0.29) is 0 Å². The molecule has 0 bridgehead atoms. The Morgan fingerprint density at radius 2 is 1.50 bits per heavy atom. The Kier molecular flexibility index (Phi) is 3.73. The van der Waals surface area contributed by atoms with Crippen molar-refractivity contribution in [3.05, 3.63) is 31.0 Å². The lowest BCUT2D eigenvalue weighted by molar-refractivity contribution is 1.71. The van der Waals surface area contributed by atoms with Crippen LogP contribution in [0.4, 0.5) is 0 Å². The largest absolute Gasteiger partial charge is 0.137 e. The Balaban J connectivity index is 0.0000000833. The number of rotatable bonds is 0. The molecule has 0 N–H and O–H groups in total. The van der Waals surface area contributed by atoms with Crippen LogP contribution >= 0.6 is 0 Å². The molecular formula is C6H8. The van der Waals surface area contributed by atoms with E-state index in [4.69, 9.17) is 0 Å². The first-order chi connectivity index (χ1) is 2.91. The quantitative estimate of drug-likeness (QED) is 0.308. The van der Waals surface area contributed by atoms with Crippen LogP contribution in [-0.2, 0) is 0 Å². The first-order valence-electron chi connectivity index (χ1n) is 1.86. The first-order valence-corrected chi connectivity index (χ1v) is 1.86. The lowest BCUT2D eigenvalue weighted by Gasteiger charge is -1.15. The van der Waals surface area contributed by atoms with Crippen LogP contribution in [0.2, 0.25) is 0 Å². The fourth-order valence-corrected chi connectivity index (χ4v) is 0. The molecule has 0 unspecified atom stereocenters. The summed E-state index contributed by atoms with van der Waals surface area (Å²) < 4.78 is 0. The lowest BCUT2D eigenvalue weighted by Crippen LogP contribution is -0.956. The smallest absolute Gasteiger partial charge is 0.0169 e. The highest BCUT2D eigenvalue weighted by Crippen LogP contribution is 1.96. The van der Waals surface area contributed by atoms with Gasteiger partial charge in [-0.1, -0.05) is 25.3 Å². The topological polar surface area (TPSA) is 0 Å². The van der Waals surface area contributed by atoms with Crippen LogP contribution in [0.3, 0.4) is 0 Å². The predicted molar refractivity (Wildman–Crippen MR) is 28.5 cm³/mol. The SMILES string of the molecule is C1=CC1.C=C=C. The van der Waals surface area contributed by atoms with Gasteiger partial charge in [0.25, 0.3) is 0 Å². The summed E-state index contributed by atoms with van der Waals surface area (Å²) in [6.07, 6.45) is 5.50. The Morgan fingerprint density at radius 1 is 1.33 bits per heavy atom. The van der Waals surface area contributed by atoms with Crippen LogP contribution in [0.5, 0.6) is 0 Å². The Morgan fingerprint density at radius 3 is 1.50 bits per heavy atom. The summed E-state index contributed by atoms with van der Waals surface area (Å²) in [4.78, 5) is 0. The monoisotopic (exact) mass is 80.1 g/mol. The molecule has 0 radical (unpaired) electrons. The second kappa shape index (κ2) is 4.26. The minimum absolute atomic E-state index is 1.25. The van der Waals surface area contributed by atoms with E-state index in [2.05, 4.69) is 31.0 Å². The molecule has 1 aliphatic carbocycles. The maximum absolute atomic E-state index is 3.12. The lowest BCUT2D eigenvalue weighted by atomic mass is 10.9. The molecule has 0 heteroatoms. The van der Waals surface area contributed by atoms with E-state index >= 15 is 0 Å². The molecule has 0 nitrogen and oxygen atoms in total. The predicted octanol–water partition coefficient (Wildman–Crippen LogP) is 1.90. The summed E-state index contributed by atoms with van der Waals surface area (Å²) in [5, 5.41) is 0. The molecule has 32 valence electrons. The minimum atomic E-state index is 1.25. The molecule has 6 heavy (non-hydrogen) atoms. The highest BCUT2D eigenvalue weighted by atomic mass is 13.8. The average Bonchev–Trinajstić information content (AvgIpc) is 2.11. The Hall–Kier alpha value is -0.740. The summed E-state index contributed by atoms with van der Waals surface area (Å²) in [5.41, 5.74) is 2.25. The van der Waals surface area contributed by atoms with Gasteiger partial charge >= 0.3 is 0 Å². The molecule has 0 spiro atoms. The molecule has 0 aromatic rings. The van der Waals surface area contributed by atoms with Crippen LogP contribution in [0.25, 0.3) is 0 Å². The zero-order valence-electron chi connectivity index (χ0n) is 3.78. The third kappa shape index (κ3) is 246. The van der Waals surface area contributed by atoms with E-state index in [9.17, 15) is 0 Å². The number of hydrogen-bond donors (Lipinski definition) is 0. The van der Waals surface area contributed by atoms with Crippen molar-refractivity contribution in [2.24, 2.45) is 0 Å². The second-order valence-corrected chi connectivity index (χ2v) is 0.957. The molecule has 0 saturated carbocycles. The Labute approximate surface area is 38.5 Å². The maximum Gasteiger partial charge on any atom is -0.0169 e. The van der Waals surface area contributed by atoms with Crippen molar-refractivity contribution < 1.29 is 0 Å². The maximum atomic E-state index is 3.12. The van der Waals surface area contributed by atoms with E-state index in [1.54, 1.807) is 0 Å².